The highest BCUT2D eigenvalue weighted by Gasteiger charge is 2.33. The molecule has 0 spiro atoms. The number of rotatable bonds is 2. The van der Waals surface area contributed by atoms with E-state index in [1.807, 2.05) is 0 Å². The minimum absolute atomic E-state index is 0.0927. The van der Waals surface area contributed by atoms with Crippen LogP contribution in [0.25, 0.3) is 22.2 Å². The Bertz CT molecular complexity index is 901. The van der Waals surface area contributed by atoms with Crippen LogP contribution in [0.5, 0.6) is 0 Å². The minimum atomic E-state index is -0.657. The van der Waals surface area contributed by atoms with E-state index in [0.29, 0.717) is 17.5 Å². The fourth-order valence-electron chi connectivity index (χ4n) is 3.45. The van der Waals surface area contributed by atoms with Crippen LogP contribution in [0.15, 0.2) is 30.3 Å². The van der Waals surface area contributed by atoms with E-state index in [4.69, 9.17) is 0 Å². The van der Waals surface area contributed by atoms with Crippen molar-refractivity contribution >= 4 is 10.9 Å². The molecular formula is C17H12F3NO. The summed E-state index contributed by atoms with van der Waals surface area (Å²) in [4.78, 5) is 2.99. The van der Waals surface area contributed by atoms with Crippen LogP contribution < -0.4 is 0 Å². The van der Waals surface area contributed by atoms with Crippen LogP contribution in [0.2, 0.25) is 0 Å². The Morgan fingerprint density at radius 2 is 1.86 bits per heavy atom. The first kappa shape index (κ1) is 13.4. The lowest BCUT2D eigenvalue weighted by Gasteiger charge is -2.12. The number of halogens is 3. The zero-order valence-electron chi connectivity index (χ0n) is 11.5. The van der Waals surface area contributed by atoms with Gasteiger partial charge in [-0.15, -0.1) is 0 Å². The fraction of sp³-hybridized carbons (Fsp3) is 0.176. The van der Waals surface area contributed by atoms with Crippen molar-refractivity contribution in [2.75, 3.05) is 6.61 Å². The van der Waals surface area contributed by atoms with Gasteiger partial charge in [0.25, 0.3) is 0 Å². The number of aliphatic hydroxyl groups excluding tert-OH is 1. The van der Waals surface area contributed by atoms with Crippen molar-refractivity contribution in [3.63, 3.8) is 0 Å². The van der Waals surface area contributed by atoms with Crippen molar-refractivity contribution in [3.8, 4) is 11.3 Å². The lowest BCUT2D eigenvalue weighted by Crippen LogP contribution is -2.00. The first-order valence-electron chi connectivity index (χ1n) is 7.01. The molecule has 3 aromatic rings. The number of fused-ring (bicyclic) bond motifs is 5. The first-order chi connectivity index (χ1) is 10.6. The molecule has 112 valence electrons. The van der Waals surface area contributed by atoms with Crippen LogP contribution in [-0.2, 0) is 0 Å². The summed E-state index contributed by atoms with van der Waals surface area (Å²) < 4.78 is 41.1. The van der Waals surface area contributed by atoms with Gasteiger partial charge < -0.3 is 10.1 Å². The Morgan fingerprint density at radius 1 is 1.05 bits per heavy atom. The highest BCUT2D eigenvalue weighted by atomic mass is 19.1. The van der Waals surface area contributed by atoms with Crippen molar-refractivity contribution in [3.05, 3.63) is 58.9 Å². The summed E-state index contributed by atoms with van der Waals surface area (Å²) in [7, 11) is 0. The van der Waals surface area contributed by atoms with Gasteiger partial charge in [-0.3, -0.25) is 0 Å². The number of benzene rings is 2. The quantitative estimate of drug-likeness (QED) is 0.735. The van der Waals surface area contributed by atoms with Crippen molar-refractivity contribution < 1.29 is 18.3 Å². The van der Waals surface area contributed by atoms with Gasteiger partial charge in [-0.1, -0.05) is 0 Å². The van der Waals surface area contributed by atoms with Crippen molar-refractivity contribution in [1.29, 1.82) is 0 Å². The van der Waals surface area contributed by atoms with Gasteiger partial charge in [0.1, 0.15) is 17.5 Å². The Labute approximate surface area is 124 Å². The summed E-state index contributed by atoms with van der Waals surface area (Å²) in [5, 5.41) is 9.76. The van der Waals surface area contributed by atoms with Gasteiger partial charge in [0.05, 0.1) is 11.2 Å². The van der Waals surface area contributed by atoms with Gasteiger partial charge in [0.2, 0.25) is 0 Å². The van der Waals surface area contributed by atoms with E-state index in [1.54, 1.807) is 6.07 Å². The van der Waals surface area contributed by atoms with Crippen LogP contribution in [0.3, 0.4) is 0 Å². The Morgan fingerprint density at radius 3 is 2.64 bits per heavy atom. The molecule has 2 nitrogen and oxygen atoms in total. The van der Waals surface area contributed by atoms with Crippen LogP contribution in [0, 0.1) is 17.5 Å². The van der Waals surface area contributed by atoms with E-state index < -0.39 is 11.6 Å². The Kier molecular flexibility index (Phi) is 2.81. The van der Waals surface area contributed by atoms with Crippen molar-refractivity contribution in [2.24, 2.45) is 0 Å². The van der Waals surface area contributed by atoms with E-state index in [2.05, 4.69) is 4.98 Å². The van der Waals surface area contributed by atoms with Gasteiger partial charge in [-0.05, 0) is 41.8 Å². The summed E-state index contributed by atoms with van der Waals surface area (Å²) in [5.74, 6) is -1.96. The maximum absolute atomic E-state index is 14.0. The number of nitrogens with one attached hydrogen (secondary N) is 1. The molecule has 22 heavy (non-hydrogen) atoms. The SMILES string of the molecule is OCCC1c2cc(F)ccc2-c2[nH]c3c(F)cc(F)cc3c21. The number of hydrogen-bond acceptors (Lipinski definition) is 1. The number of H-pyrrole nitrogens is 1. The van der Waals surface area contributed by atoms with E-state index >= 15 is 0 Å². The lowest BCUT2D eigenvalue weighted by molar-refractivity contribution is 0.282. The molecule has 1 aliphatic rings. The zero-order chi connectivity index (χ0) is 15.4. The second kappa shape index (κ2) is 4.61. The van der Waals surface area contributed by atoms with Gasteiger partial charge >= 0.3 is 0 Å². The number of aromatic amines is 1. The van der Waals surface area contributed by atoms with Crippen molar-refractivity contribution in [2.45, 2.75) is 12.3 Å². The molecule has 1 unspecified atom stereocenters. The molecule has 1 aromatic heterocycles. The van der Waals surface area contributed by atoms with Gasteiger partial charge in [-0.25, -0.2) is 13.2 Å². The minimum Gasteiger partial charge on any atom is -0.396 e. The molecule has 0 amide bonds. The predicted molar refractivity (Wildman–Crippen MR) is 77.2 cm³/mol. The molecule has 0 fully saturated rings. The van der Waals surface area contributed by atoms with E-state index in [-0.39, 0.29) is 23.9 Å². The molecule has 1 heterocycles. The molecule has 4 rings (SSSR count). The van der Waals surface area contributed by atoms with Gasteiger partial charge in [0.15, 0.2) is 0 Å². The van der Waals surface area contributed by atoms with Crippen LogP contribution >= 0.6 is 0 Å². The van der Waals surface area contributed by atoms with Crippen molar-refractivity contribution in [1.82, 2.24) is 4.98 Å². The predicted octanol–water partition coefficient (Wildman–Crippen LogP) is 4.08. The third-order valence-electron chi connectivity index (χ3n) is 4.29. The highest BCUT2D eigenvalue weighted by molar-refractivity contribution is 5.96. The topological polar surface area (TPSA) is 36.0 Å². The third-order valence-corrected chi connectivity index (χ3v) is 4.29. The molecule has 0 bridgehead atoms. The van der Waals surface area contributed by atoms with Crippen LogP contribution in [-0.4, -0.2) is 16.7 Å². The molecule has 0 radical (unpaired) electrons. The maximum Gasteiger partial charge on any atom is 0.150 e. The summed E-state index contributed by atoms with van der Waals surface area (Å²) in [6.45, 7) is -0.0927. The molecule has 2 N–H and O–H groups in total. The summed E-state index contributed by atoms with van der Waals surface area (Å²) in [5.41, 5.74) is 3.15. The molecule has 0 saturated carbocycles. The smallest absolute Gasteiger partial charge is 0.150 e. The van der Waals surface area contributed by atoms with Gasteiger partial charge in [0, 0.05) is 29.5 Å². The largest absolute Gasteiger partial charge is 0.396 e. The second-order valence-corrected chi connectivity index (χ2v) is 5.52. The zero-order valence-corrected chi connectivity index (χ0v) is 11.5. The fourth-order valence-corrected chi connectivity index (χ4v) is 3.45. The monoisotopic (exact) mass is 303 g/mol. The molecule has 0 aliphatic heterocycles. The lowest BCUT2D eigenvalue weighted by atomic mass is 9.92. The summed E-state index contributed by atoms with van der Waals surface area (Å²) in [6.07, 6.45) is 0.370. The van der Waals surface area contributed by atoms with Crippen LogP contribution in [0.1, 0.15) is 23.5 Å². The standard InChI is InChI=1S/C17H12F3NO/c18-8-1-2-11-12(5-8)10(3-4-22)15-13-6-9(19)7-14(20)16(13)21-17(11)15/h1-2,5-7,10,21-22H,3-4H2. The molecule has 2 aromatic carbocycles. The maximum atomic E-state index is 14.0. The average molecular weight is 303 g/mol. The van der Waals surface area contributed by atoms with Gasteiger partial charge in [-0.2, -0.15) is 0 Å². The number of aromatic nitrogens is 1. The highest BCUT2D eigenvalue weighted by Crippen LogP contribution is 2.49. The molecule has 1 atom stereocenters. The van der Waals surface area contributed by atoms with E-state index in [0.717, 1.165) is 22.8 Å². The third kappa shape index (κ3) is 1.72. The Balaban J connectivity index is 2.07. The van der Waals surface area contributed by atoms with Crippen LogP contribution in [0.4, 0.5) is 13.2 Å². The second-order valence-electron chi connectivity index (χ2n) is 5.52. The number of aliphatic hydroxyl groups is 1. The number of hydrogen-bond donors (Lipinski definition) is 2. The van der Waals surface area contributed by atoms with E-state index in [1.165, 1.54) is 18.2 Å². The normalized spacial score (nSPS) is 16.1. The molecule has 1 aliphatic carbocycles. The van der Waals surface area contributed by atoms with E-state index in [9.17, 15) is 18.3 Å². The molecular weight excluding hydrogens is 291 g/mol. The Hall–Kier alpha value is -2.27. The average Bonchev–Trinajstić information content (AvgIpc) is 2.96. The first-order valence-corrected chi connectivity index (χ1v) is 7.01. The molecule has 0 saturated heterocycles. The summed E-state index contributed by atoms with van der Waals surface area (Å²) in [6, 6.07) is 6.50. The molecule has 5 heteroatoms. The summed E-state index contributed by atoms with van der Waals surface area (Å²) >= 11 is 0.